The molecular weight excluding hydrogens is 414 g/mol. The molecule has 156 valence electrons. The van der Waals surface area contributed by atoms with Crippen LogP contribution >= 0.6 is 11.3 Å². The van der Waals surface area contributed by atoms with Crippen LogP contribution in [0.25, 0.3) is 0 Å². The summed E-state index contributed by atoms with van der Waals surface area (Å²) >= 11 is 1.18. The highest BCUT2D eigenvalue weighted by molar-refractivity contribution is 7.14. The molecule has 1 amide bonds. The molecule has 0 aliphatic rings. The number of non-ortho nitro benzene ring substituents is 1. The predicted octanol–water partition coefficient (Wildman–Crippen LogP) is 3.58. The second-order valence-electron chi connectivity index (χ2n) is 5.89. The summed E-state index contributed by atoms with van der Waals surface area (Å²) in [4.78, 5) is 38.1. The molecule has 30 heavy (non-hydrogen) atoms. The molecule has 0 bridgehead atoms. The molecule has 1 N–H and O–H groups in total. The maximum atomic E-state index is 12.3. The average Bonchev–Trinajstić information content (AvgIpc) is 3.36. The highest BCUT2D eigenvalue weighted by Crippen LogP contribution is 2.20. The molecule has 2 aromatic heterocycles. The van der Waals surface area contributed by atoms with Crippen molar-refractivity contribution in [1.29, 1.82) is 0 Å². The molecule has 10 nitrogen and oxygen atoms in total. The summed E-state index contributed by atoms with van der Waals surface area (Å²) < 4.78 is 15.8. The number of nitrogens with one attached hydrogen (secondary N) is 1. The Morgan fingerprint density at radius 1 is 1.23 bits per heavy atom. The molecule has 3 rings (SSSR count). The number of ether oxygens (including phenoxy) is 2. The van der Waals surface area contributed by atoms with Crippen molar-refractivity contribution in [3.05, 3.63) is 69.1 Å². The van der Waals surface area contributed by atoms with Crippen molar-refractivity contribution in [2.45, 2.75) is 20.0 Å². The standard InChI is InChI=1S/C19H17N3O7S/c1-2-27-17(23)9-12-11-30-19(20-12)21-18(24)16-8-7-15(29-16)10-28-14-5-3-13(4-6-14)22(25)26/h3-8,11H,2,9-10H2,1H3,(H,20,21,24). The van der Waals surface area contributed by atoms with Gasteiger partial charge in [0.25, 0.3) is 11.6 Å². The molecule has 0 atom stereocenters. The number of thiazole rings is 1. The number of benzene rings is 1. The summed E-state index contributed by atoms with van der Waals surface area (Å²) in [6, 6.07) is 8.71. The lowest BCUT2D eigenvalue weighted by molar-refractivity contribution is -0.384. The molecule has 0 spiro atoms. The molecule has 0 fully saturated rings. The van der Waals surface area contributed by atoms with Gasteiger partial charge in [-0.1, -0.05) is 0 Å². The van der Waals surface area contributed by atoms with E-state index in [1.807, 2.05) is 0 Å². The van der Waals surface area contributed by atoms with E-state index >= 15 is 0 Å². The number of carbonyl (C=O) groups excluding carboxylic acids is 2. The Hall–Kier alpha value is -3.73. The van der Waals surface area contributed by atoms with E-state index < -0.39 is 10.8 Å². The SMILES string of the molecule is CCOC(=O)Cc1csc(NC(=O)c2ccc(COc3ccc([N+](=O)[O-])cc3)o2)n1. The van der Waals surface area contributed by atoms with Crippen LogP contribution in [-0.2, 0) is 22.6 Å². The lowest BCUT2D eigenvalue weighted by Crippen LogP contribution is -2.11. The monoisotopic (exact) mass is 431 g/mol. The van der Waals surface area contributed by atoms with E-state index in [2.05, 4.69) is 10.3 Å². The molecule has 0 aliphatic carbocycles. The maximum Gasteiger partial charge on any atom is 0.311 e. The summed E-state index contributed by atoms with van der Waals surface area (Å²) in [7, 11) is 0. The molecule has 3 aromatic rings. The summed E-state index contributed by atoms with van der Waals surface area (Å²) in [6.45, 7) is 2.06. The number of nitro groups is 1. The van der Waals surface area contributed by atoms with Crippen LogP contribution in [0.1, 0.15) is 28.9 Å². The molecule has 1 aromatic carbocycles. The van der Waals surface area contributed by atoms with Crippen molar-refractivity contribution in [1.82, 2.24) is 4.98 Å². The van der Waals surface area contributed by atoms with Crippen molar-refractivity contribution >= 4 is 34.0 Å². The Morgan fingerprint density at radius 3 is 2.70 bits per heavy atom. The van der Waals surface area contributed by atoms with E-state index in [0.717, 1.165) is 0 Å². The van der Waals surface area contributed by atoms with Crippen LogP contribution in [0.2, 0.25) is 0 Å². The molecule has 0 radical (unpaired) electrons. The van der Waals surface area contributed by atoms with Gasteiger partial charge >= 0.3 is 5.97 Å². The first-order chi connectivity index (χ1) is 14.4. The van der Waals surface area contributed by atoms with Gasteiger partial charge in [0, 0.05) is 17.5 Å². The normalized spacial score (nSPS) is 10.4. The van der Waals surface area contributed by atoms with Gasteiger partial charge in [-0.05, 0) is 31.2 Å². The zero-order chi connectivity index (χ0) is 21.5. The van der Waals surface area contributed by atoms with E-state index in [-0.39, 0.29) is 30.4 Å². The van der Waals surface area contributed by atoms with Crippen molar-refractivity contribution in [2.24, 2.45) is 0 Å². The van der Waals surface area contributed by atoms with Gasteiger partial charge in [0.1, 0.15) is 18.1 Å². The van der Waals surface area contributed by atoms with Gasteiger partial charge in [-0.25, -0.2) is 4.98 Å². The third-order valence-corrected chi connectivity index (χ3v) is 4.52. The van der Waals surface area contributed by atoms with Crippen LogP contribution in [0.5, 0.6) is 5.75 Å². The second kappa shape index (κ2) is 9.65. The maximum absolute atomic E-state index is 12.3. The second-order valence-corrected chi connectivity index (χ2v) is 6.74. The van der Waals surface area contributed by atoms with E-state index in [1.165, 1.54) is 41.7 Å². The number of amides is 1. The number of nitro benzene ring substituents is 1. The van der Waals surface area contributed by atoms with Gasteiger partial charge in [0.2, 0.25) is 0 Å². The summed E-state index contributed by atoms with van der Waals surface area (Å²) in [5.41, 5.74) is 0.470. The number of esters is 1. The van der Waals surface area contributed by atoms with Crippen LogP contribution in [0.15, 0.2) is 46.2 Å². The third kappa shape index (κ3) is 5.64. The largest absolute Gasteiger partial charge is 0.486 e. The lowest BCUT2D eigenvalue weighted by atomic mass is 10.3. The number of carbonyl (C=O) groups is 2. The summed E-state index contributed by atoms with van der Waals surface area (Å²) in [5, 5.41) is 15.3. The Kier molecular flexibility index (Phi) is 6.75. The van der Waals surface area contributed by atoms with Gasteiger partial charge in [-0.15, -0.1) is 11.3 Å². The highest BCUT2D eigenvalue weighted by atomic mass is 32.1. The van der Waals surface area contributed by atoms with Crippen LogP contribution in [-0.4, -0.2) is 28.4 Å². The topological polar surface area (TPSA) is 134 Å². The van der Waals surface area contributed by atoms with Crippen molar-refractivity contribution in [2.75, 3.05) is 11.9 Å². The molecule has 11 heteroatoms. The summed E-state index contributed by atoms with van der Waals surface area (Å²) in [6.07, 6.45) is 0.0328. The Balaban J connectivity index is 1.53. The molecule has 0 aliphatic heterocycles. The number of rotatable bonds is 9. The Morgan fingerprint density at radius 2 is 2.00 bits per heavy atom. The first-order valence-electron chi connectivity index (χ1n) is 8.82. The molecule has 0 saturated heterocycles. The first-order valence-corrected chi connectivity index (χ1v) is 9.70. The van der Waals surface area contributed by atoms with E-state index in [4.69, 9.17) is 13.9 Å². The molecule has 2 heterocycles. The Labute approximate surface area is 174 Å². The number of anilines is 1. The number of hydrogen-bond donors (Lipinski definition) is 1. The fourth-order valence-corrected chi connectivity index (χ4v) is 3.07. The van der Waals surface area contributed by atoms with E-state index in [1.54, 1.807) is 18.4 Å². The lowest BCUT2D eigenvalue weighted by Gasteiger charge is -2.03. The Bertz CT molecular complexity index is 1040. The quantitative estimate of drug-likeness (QED) is 0.309. The number of hydrogen-bond acceptors (Lipinski definition) is 9. The fraction of sp³-hybridized carbons (Fsp3) is 0.211. The van der Waals surface area contributed by atoms with Crippen LogP contribution in [0, 0.1) is 10.1 Å². The fourth-order valence-electron chi connectivity index (χ4n) is 2.36. The minimum atomic E-state index is -0.497. The van der Waals surface area contributed by atoms with Gasteiger partial charge < -0.3 is 13.9 Å². The minimum Gasteiger partial charge on any atom is -0.486 e. The van der Waals surface area contributed by atoms with Crippen LogP contribution in [0.4, 0.5) is 10.8 Å². The van der Waals surface area contributed by atoms with Crippen LogP contribution in [0.3, 0.4) is 0 Å². The first kappa shape index (κ1) is 21.0. The predicted molar refractivity (Wildman–Crippen MR) is 107 cm³/mol. The molecule has 0 saturated carbocycles. The van der Waals surface area contributed by atoms with Crippen molar-refractivity contribution in [3.63, 3.8) is 0 Å². The van der Waals surface area contributed by atoms with Gasteiger partial charge in [0.05, 0.1) is 23.6 Å². The van der Waals surface area contributed by atoms with Crippen molar-refractivity contribution < 1.29 is 28.4 Å². The van der Waals surface area contributed by atoms with Crippen molar-refractivity contribution in [3.8, 4) is 5.75 Å². The van der Waals surface area contributed by atoms with E-state index in [0.29, 0.717) is 28.9 Å². The molecule has 0 unspecified atom stereocenters. The van der Waals surface area contributed by atoms with E-state index in [9.17, 15) is 19.7 Å². The number of furan rings is 1. The zero-order valence-electron chi connectivity index (χ0n) is 15.8. The highest BCUT2D eigenvalue weighted by Gasteiger charge is 2.15. The number of aromatic nitrogens is 1. The zero-order valence-corrected chi connectivity index (χ0v) is 16.6. The smallest absolute Gasteiger partial charge is 0.311 e. The van der Waals surface area contributed by atoms with Gasteiger partial charge in [-0.3, -0.25) is 25.0 Å². The minimum absolute atomic E-state index is 0.0328. The molecular formula is C19H17N3O7S. The van der Waals surface area contributed by atoms with Gasteiger partial charge in [0.15, 0.2) is 10.9 Å². The van der Waals surface area contributed by atoms with Gasteiger partial charge in [-0.2, -0.15) is 0 Å². The number of nitrogens with zero attached hydrogens (tertiary/aromatic N) is 2. The average molecular weight is 431 g/mol. The van der Waals surface area contributed by atoms with Crippen LogP contribution < -0.4 is 10.1 Å². The summed E-state index contributed by atoms with van der Waals surface area (Å²) in [5.74, 6) is 0.0259. The third-order valence-electron chi connectivity index (χ3n) is 3.72.